The number of ether oxygens (including phenoxy) is 1. The summed E-state index contributed by atoms with van der Waals surface area (Å²) in [5, 5.41) is 19.8. The van der Waals surface area contributed by atoms with Crippen molar-refractivity contribution in [3.8, 4) is 0 Å². The number of halogens is 1. The number of hydrogen-bond acceptors (Lipinski definition) is 5. The van der Waals surface area contributed by atoms with E-state index >= 15 is 0 Å². The lowest BCUT2D eigenvalue weighted by Gasteiger charge is -2.37. The minimum Gasteiger partial charge on any atom is -0.394 e. The molecule has 1 heterocycles. The molecule has 1 aromatic carbocycles. The lowest BCUT2D eigenvalue weighted by molar-refractivity contribution is -0.385. The van der Waals surface area contributed by atoms with Crippen LogP contribution in [0.15, 0.2) is 18.2 Å². The average Bonchev–Trinajstić information content (AvgIpc) is 2.46. The summed E-state index contributed by atoms with van der Waals surface area (Å²) in [6.07, 6.45) is -0.506. The van der Waals surface area contributed by atoms with Crippen LogP contribution < -0.4 is 0 Å². The minimum absolute atomic E-state index is 0.0906. The number of amides is 1. The maximum absolute atomic E-state index is 13.4. The van der Waals surface area contributed by atoms with Gasteiger partial charge in [-0.2, -0.15) is 0 Å². The smallest absolute Gasteiger partial charge is 0.273 e. The third-order valence-corrected chi connectivity index (χ3v) is 3.31. The molecule has 0 saturated carbocycles. The van der Waals surface area contributed by atoms with E-state index in [1.54, 1.807) is 6.92 Å². The molecule has 0 radical (unpaired) electrons. The molecule has 7 nitrogen and oxygen atoms in total. The Morgan fingerprint density at radius 1 is 1.57 bits per heavy atom. The van der Waals surface area contributed by atoms with Crippen LogP contribution in [-0.2, 0) is 4.74 Å². The summed E-state index contributed by atoms with van der Waals surface area (Å²) < 4.78 is 18.7. The highest BCUT2D eigenvalue weighted by Crippen LogP contribution is 2.20. The quantitative estimate of drug-likeness (QED) is 0.662. The van der Waals surface area contributed by atoms with E-state index in [-0.39, 0.29) is 31.4 Å². The molecule has 0 aromatic heterocycles. The van der Waals surface area contributed by atoms with Gasteiger partial charge in [-0.3, -0.25) is 14.9 Å². The highest BCUT2D eigenvalue weighted by Gasteiger charge is 2.30. The minimum atomic E-state index is -0.841. The van der Waals surface area contributed by atoms with Gasteiger partial charge < -0.3 is 14.7 Å². The first-order valence-corrected chi connectivity index (χ1v) is 6.40. The fourth-order valence-corrected chi connectivity index (χ4v) is 2.18. The third kappa shape index (κ3) is 3.34. The zero-order valence-electron chi connectivity index (χ0n) is 11.4. The van der Waals surface area contributed by atoms with Crippen molar-refractivity contribution < 1.29 is 24.0 Å². The average molecular weight is 298 g/mol. The summed E-state index contributed by atoms with van der Waals surface area (Å²) in [4.78, 5) is 23.8. The van der Waals surface area contributed by atoms with Gasteiger partial charge in [0.2, 0.25) is 0 Å². The van der Waals surface area contributed by atoms with E-state index in [1.807, 2.05) is 0 Å². The molecule has 1 fully saturated rings. The second kappa shape index (κ2) is 6.15. The van der Waals surface area contributed by atoms with E-state index in [9.17, 15) is 19.3 Å². The van der Waals surface area contributed by atoms with Gasteiger partial charge in [-0.15, -0.1) is 0 Å². The molecule has 2 rings (SSSR count). The van der Waals surface area contributed by atoms with Crippen LogP contribution in [0.4, 0.5) is 10.1 Å². The number of benzene rings is 1. The molecule has 2 unspecified atom stereocenters. The molecule has 2 atom stereocenters. The summed E-state index contributed by atoms with van der Waals surface area (Å²) in [6, 6.07) is 2.51. The largest absolute Gasteiger partial charge is 0.394 e. The Balaban J connectivity index is 2.28. The summed E-state index contributed by atoms with van der Waals surface area (Å²) in [7, 11) is 0. The highest BCUT2D eigenvalue weighted by atomic mass is 19.1. The Bertz CT molecular complexity index is 565. The number of nitro groups is 1. The lowest BCUT2D eigenvalue weighted by Crippen LogP contribution is -2.52. The van der Waals surface area contributed by atoms with Gasteiger partial charge in [0.15, 0.2) is 0 Å². The van der Waals surface area contributed by atoms with Gasteiger partial charge in [-0.05, 0) is 13.0 Å². The highest BCUT2D eigenvalue weighted by molar-refractivity contribution is 5.95. The van der Waals surface area contributed by atoms with Crippen molar-refractivity contribution in [2.45, 2.75) is 19.1 Å². The topological polar surface area (TPSA) is 92.9 Å². The molecule has 0 aliphatic carbocycles. The van der Waals surface area contributed by atoms with Gasteiger partial charge in [0, 0.05) is 18.2 Å². The second-order valence-corrected chi connectivity index (χ2v) is 4.90. The van der Waals surface area contributed by atoms with Crippen molar-refractivity contribution in [3.63, 3.8) is 0 Å². The molecule has 1 aliphatic heterocycles. The molecule has 1 aromatic rings. The Hall–Kier alpha value is -2.06. The fourth-order valence-electron chi connectivity index (χ4n) is 2.18. The number of carbonyl (C=O) groups excluding carboxylic acids is 1. The number of nitrogens with zero attached hydrogens (tertiary/aromatic N) is 2. The van der Waals surface area contributed by atoms with Crippen LogP contribution in [0.5, 0.6) is 0 Å². The first-order chi connectivity index (χ1) is 9.92. The molecule has 1 amide bonds. The maximum Gasteiger partial charge on any atom is 0.273 e. The molecule has 0 bridgehead atoms. The fraction of sp³-hybridized carbons (Fsp3) is 0.462. The van der Waals surface area contributed by atoms with Crippen LogP contribution in [0.2, 0.25) is 0 Å². The number of aliphatic hydroxyl groups is 1. The predicted octanol–water partition coefficient (Wildman–Crippen LogP) is 0.956. The first-order valence-electron chi connectivity index (χ1n) is 6.40. The third-order valence-electron chi connectivity index (χ3n) is 3.31. The molecule has 1 aliphatic rings. The summed E-state index contributed by atoms with van der Waals surface area (Å²) in [6.45, 7) is 1.91. The molecule has 1 saturated heterocycles. The van der Waals surface area contributed by atoms with E-state index in [0.717, 1.165) is 18.2 Å². The number of aliphatic hydroxyl groups excluding tert-OH is 1. The summed E-state index contributed by atoms with van der Waals surface area (Å²) in [5.74, 6) is -1.36. The second-order valence-electron chi connectivity index (χ2n) is 4.90. The zero-order chi connectivity index (χ0) is 15.6. The van der Waals surface area contributed by atoms with Gasteiger partial charge >= 0.3 is 0 Å². The number of hydrogen-bond donors (Lipinski definition) is 1. The van der Waals surface area contributed by atoms with Gasteiger partial charge in [-0.25, -0.2) is 4.39 Å². The van der Waals surface area contributed by atoms with Crippen molar-refractivity contribution >= 4 is 11.6 Å². The summed E-state index contributed by atoms with van der Waals surface area (Å²) in [5.41, 5.74) is -0.565. The predicted molar refractivity (Wildman–Crippen MR) is 70.4 cm³/mol. The Morgan fingerprint density at radius 3 is 2.90 bits per heavy atom. The van der Waals surface area contributed by atoms with Gasteiger partial charge in [0.1, 0.15) is 5.82 Å². The standard InChI is InChI=1S/C13H15FN2O5/c1-8-7-21-12(6-17)5-15(8)13(18)9-2-10(14)4-11(3-9)16(19)20/h2-4,8,12,17H,5-7H2,1H3. The lowest BCUT2D eigenvalue weighted by atomic mass is 10.1. The molecule has 8 heteroatoms. The normalized spacial score (nSPS) is 22.1. The molecule has 0 spiro atoms. The molecular weight excluding hydrogens is 283 g/mol. The number of non-ortho nitro benzene ring substituents is 1. The van der Waals surface area contributed by atoms with Crippen LogP contribution >= 0.6 is 0 Å². The molecule has 114 valence electrons. The van der Waals surface area contributed by atoms with Crippen molar-refractivity contribution in [1.29, 1.82) is 0 Å². The van der Waals surface area contributed by atoms with E-state index in [1.165, 1.54) is 4.90 Å². The number of carbonyl (C=O) groups is 1. The van der Waals surface area contributed by atoms with Crippen molar-refractivity contribution in [2.75, 3.05) is 19.8 Å². The van der Waals surface area contributed by atoms with E-state index in [4.69, 9.17) is 9.84 Å². The monoisotopic (exact) mass is 298 g/mol. The first kappa shape index (κ1) is 15.3. The Labute approximate surface area is 120 Å². The zero-order valence-corrected chi connectivity index (χ0v) is 11.4. The van der Waals surface area contributed by atoms with Crippen LogP contribution in [0.25, 0.3) is 0 Å². The SMILES string of the molecule is CC1COC(CO)CN1C(=O)c1cc(F)cc([N+](=O)[O-])c1. The van der Waals surface area contributed by atoms with Crippen LogP contribution in [0.1, 0.15) is 17.3 Å². The van der Waals surface area contributed by atoms with Gasteiger partial charge in [0.05, 0.1) is 36.3 Å². The van der Waals surface area contributed by atoms with Crippen molar-refractivity contribution in [2.24, 2.45) is 0 Å². The van der Waals surface area contributed by atoms with Crippen LogP contribution in [0.3, 0.4) is 0 Å². The Kier molecular flexibility index (Phi) is 4.49. The van der Waals surface area contributed by atoms with Gasteiger partial charge in [0.25, 0.3) is 11.6 Å². The molecule has 21 heavy (non-hydrogen) atoms. The van der Waals surface area contributed by atoms with Crippen molar-refractivity contribution in [1.82, 2.24) is 4.90 Å². The van der Waals surface area contributed by atoms with E-state index < -0.39 is 28.4 Å². The summed E-state index contributed by atoms with van der Waals surface area (Å²) >= 11 is 0. The van der Waals surface area contributed by atoms with Crippen LogP contribution in [0, 0.1) is 15.9 Å². The van der Waals surface area contributed by atoms with E-state index in [2.05, 4.69) is 0 Å². The Morgan fingerprint density at radius 2 is 2.29 bits per heavy atom. The molecule has 1 N–H and O–H groups in total. The van der Waals surface area contributed by atoms with E-state index in [0.29, 0.717) is 0 Å². The van der Waals surface area contributed by atoms with Crippen LogP contribution in [-0.4, -0.2) is 52.7 Å². The number of rotatable bonds is 3. The van der Waals surface area contributed by atoms with Gasteiger partial charge in [-0.1, -0.05) is 0 Å². The number of nitro benzene ring substituents is 1. The molecular formula is C13H15FN2O5. The maximum atomic E-state index is 13.4. The number of morpholine rings is 1. The van der Waals surface area contributed by atoms with Crippen molar-refractivity contribution in [3.05, 3.63) is 39.7 Å².